The quantitative estimate of drug-likeness (QED) is 0.691. The highest BCUT2D eigenvalue weighted by atomic mass is 16.2. The Labute approximate surface area is 76.2 Å². The van der Waals surface area contributed by atoms with Gasteiger partial charge in [0.2, 0.25) is 5.91 Å². The Bertz CT molecular complexity index is 319. The van der Waals surface area contributed by atoms with Crippen molar-refractivity contribution in [2.24, 2.45) is 5.73 Å². The summed E-state index contributed by atoms with van der Waals surface area (Å²) in [6, 6.07) is 5.35. The maximum atomic E-state index is 11.4. The number of aromatic nitrogens is 1. The number of hydrogen-bond donors (Lipinski definition) is 2. The first kappa shape index (κ1) is 8.19. The van der Waals surface area contributed by atoms with E-state index >= 15 is 0 Å². The number of nitrogens with two attached hydrogens (primary N) is 1. The van der Waals surface area contributed by atoms with E-state index in [1.165, 1.54) is 0 Å². The summed E-state index contributed by atoms with van der Waals surface area (Å²) in [5.74, 6) is 0.426. The largest absolute Gasteiger partial charge is 0.317 e. The second kappa shape index (κ2) is 2.81. The fourth-order valence-corrected chi connectivity index (χ4v) is 1.04. The summed E-state index contributed by atoms with van der Waals surface area (Å²) in [4.78, 5) is 15.4. The van der Waals surface area contributed by atoms with Gasteiger partial charge in [-0.25, -0.2) is 4.98 Å². The van der Waals surface area contributed by atoms with Gasteiger partial charge in [-0.3, -0.25) is 4.79 Å². The van der Waals surface area contributed by atoms with Gasteiger partial charge in [0, 0.05) is 6.20 Å². The predicted molar refractivity (Wildman–Crippen MR) is 49.0 cm³/mol. The maximum Gasteiger partial charge on any atom is 0.245 e. The minimum absolute atomic E-state index is 0.133. The van der Waals surface area contributed by atoms with Crippen LogP contribution < -0.4 is 11.1 Å². The summed E-state index contributed by atoms with van der Waals surface area (Å²) < 4.78 is 0. The molecule has 68 valence electrons. The number of pyridine rings is 1. The first-order valence-electron chi connectivity index (χ1n) is 4.22. The van der Waals surface area contributed by atoms with Crippen molar-refractivity contribution in [3.05, 3.63) is 24.4 Å². The molecule has 0 spiro atoms. The van der Waals surface area contributed by atoms with Crippen LogP contribution in [0.1, 0.15) is 12.8 Å². The lowest BCUT2D eigenvalue weighted by atomic mass is 10.3. The molecule has 1 aliphatic carbocycles. The van der Waals surface area contributed by atoms with Crippen LogP contribution in [-0.2, 0) is 4.79 Å². The Kier molecular flexibility index (Phi) is 1.77. The van der Waals surface area contributed by atoms with E-state index in [0.717, 1.165) is 12.8 Å². The summed E-state index contributed by atoms with van der Waals surface area (Å²) in [6.45, 7) is 0. The molecule has 4 nitrogen and oxygen atoms in total. The smallest absolute Gasteiger partial charge is 0.245 e. The molecule has 0 aliphatic heterocycles. The number of hydrogen-bond acceptors (Lipinski definition) is 3. The van der Waals surface area contributed by atoms with Crippen molar-refractivity contribution in [2.45, 2.75) is 18.4 Å². The van der Waals surface area contributed by atoms with Crippen LogP contribution in [0.5, 0.6) is 0 Å². The van der Waals surface area contributed by atoms with E-state index in [1.54, 1.807) is 18.3 Å². The monoisotopic (exact) mass is 177 g/mol. The van der Waals surface area contributed by atoms with Crippen LogP contribution in [0.15, 0.2) is 24.4 Å². The molecule has 0 aromatic carbocycles. The van der Waals surface area contributed by atoms with Crippen LogP contribution in [0, 0.1) is 0 Å². The highest BCUT2D eigenvalue weighted by molar-refractivity contribution is 5.99. The Morgan fingerprint density at radius 2 is 2.31 bits per heavy atom. The maximum absolute atomic E-state index is 11.4. The van der Waals surface area contributed by atoms with Crippen molar-refractivity contribution in [2.75, 3.05) is 5.32 Å². The van der Waals surface area contributed by atoms with Crippen molar-refractivity contribution < 1.29 is 4.79 Å². The molecular formula is C9H11N3O. The van der Waals surface area contributed by atoms with Crippen LogP contribution in [0.2, 0.25) is 0 Å². The van der Waals surface area contributed by atoms with E-state index in [4.69, 9.17) is 5.73 Å². The second-order valence-corrected chi connectivity index (χ2v) is 3.33. The topological polar surface area (TPSA) is 68.0 Å². The molecule has 1 heterocycles. The first-order chi connectivity index (χ1) is 6.21. The van der Waals surface area contributed by atoms with Gasteiger partial charge in [-0.1, -0.05) is 6.07 Å². The van der Waals surface area contributed by atoms with Crippen molar-refractivity contribution in [3.63, 3.8) is 0 Å². The van der Waals surface area contributed by atoms with E-state index in [1.807, 2.05) is 6.07 Å². The van der Waals surface area contributed by atoms with Crippen molar-refractivity contribution >= 4 is 11.7 Å². The molecule has 1 aliphatic rings. The minimum atomic E-state index is -0.627. The number of carbonyl (C=O) groups excluding carboxylic acids is 1. The average molecular weight is 177 g/mol. The highest BCUT2D eigenvalue weighted by Gasteiger charge is 2.46. The van der Waals surface area contributed by atoms with Gasteiger partial charge in [0.05, 0.1) is 5.54 Å². The zero-order valence-corrected chi connectivity index (χ0v) is 7.16. The highest BCUT2D eigenvalue weighted by Crippen LogP contribution is 2.32. The van der Waals surface area contributed by atoms with Gasteiger partial charge in [-0.2, -0.15) is 0 Å². The third-order valence-corrected chi connectivity index (χ3v) is 2.15. The van der Waals surface area contributed by atoms with E-state index in [0.29, 0.717) is 5.82 Å². The molecule has 1 aromatic rings. The number of rotatable bonds is 2. The molecular weight excluding hydrogens is 166 g/mol. The fraction of sp³-hybridized carbons (Fsp3) is 0.333. The summed E-state index contributed by atoms with van der Waals surface area (Å²) in [6.07, 6.45) is 3.17. The number of anilines is 1. The Morgan fingerprint density at radius 3 is 2.85 bits per heavy atom. The number of amides is 1. The second-order valence-electron chi connectivity index (χ2n) is 3.33. The van der Waals surface area contributed by atoms with Crippen molar-refractivity contribution in [1.29, 1.82) is 0 Å². The Hall–Kier alpha value is -1.42. The number of nitrogens with zero attached hydrogens (tertiary/aromatic N) is 1. The number of carbonyl (C=O) groups is 1. The van der Waals surface area contributed by atoms with Gasteiger partial charge in [0.1, 0.15) is 5.82 Å². The van der Waals surface area contributed by atoms with Gasteiger partial charge in [-0.05, 0) is 25.0 Å². The van der Waals surface area contributed by atoms with Crippen LogP contribution in [0.25, 0.3) is 0 Å². The molecule has 1 amide bonds. The molecule has 3 N–H and O–H groups in total. The lowest BCUT2D eigenvalue weighted by Gasteiger charge is -2.08. The molecule has 0 saturated heterocycles. The fourth-order valence-electron chi connectivity index (χ4n) is 1.04. The van der Waals surface area contributed by atoms with Crippen LogP contribution in [0.4, 0.5) is 5.82 Å². The molecule has 0 unspecified atom stereocenters. The SMILES string of the molecule is NC1(C(=O)Nc2ccccn2)CC1. The van der Waals surface area contributed by atoms with E-state index in [9.17, 15) is 4.79 Å². The van der Waals surface area contributed by atoms with Gasteiger partial charge in [-0.15, -0.1) is 0 Å². The van der Waals surface area contributed by atoms with Gasteiger partial charge < -0.3 is 11.1 Å². The van der Waals surface area contributed by atoms with E-state index < -0.39 is 5.54 Å². The molecule has 1 saturated carbocycles. The van der Waals surface area contributed by atoms with Gasteiger partial charge >= 0.3 is 0 Å². The molecule has 4 heteroatoms. The lowest BCUT2D eigenvalue weighted by Crippen LogP contribution is -2.38. The van der Waals surface area contributed by atoms with Crippen LogP contribution in [-0.4, -0.2) is 16.4 Å². The molecule has 1 aromatic heterocycles. The summed E-state index contributed by atoms with van der Waals surface area (Å²) in [5.41, 5.74) is 5.07. The molecule has 13 heavy (non-hydrogen) atoms. The average Bonchev–Trinajstić information content (AvgIpc) is 2.87. The van der Waals surface area contributed by atoms with Gasteiger partial charge in [0.25, 0.3) is 0 Å². The first-order valence-corrected chi connectivity index (χ1v) is 4.22. The summed E-state index contributed by atoms with van der Waals surface area (Å²) in [7, 11) is 0. The normalized spacial score (nSPS) is 17.9. The standard InChI is InChI=1S/C9H11N3O/c10-9(4-5-9)8(13)12-7-3-1-2-6-11-7/h1-3,6H,4-5,10H2,(H,11,12,13). The third kappa shape index (κ3) is 1.67. The molecule has 0 atom stereocenters. The van der Waals surface area contributed by atoms with E-state index in [2.05, 4.69) is 10.3 Å². The molecule has 0 bridgehead atoms. The molecule has 2 rings (SSSR count). The number of nitrogens with one attached hydrogen (secondary N) is 1. The molecule has 0 radical (unpaired) electrons. The van der Waals surface area contributed by atoms with Crippen molar-refractivity contribution in [3.8, 4) is 0 Å². The lowest BCUT2D eigenvalue weighted by molar-refractivity contribution is -0.118. The Morgan fingerprint density at radius 1 is 1.54 bits per heavy atom. The Balaban J connectivity index is 2.03. The summed E-state index contributed by atoms with van der Waals surface area (Å²) >= 11 is 0. The molecule has 1 fully saturated rings. The van der Waals surface area contributed by atoms with E-state index in [-0.39, 0.29) is 5.91 Å². The van der Waals surface area contributed by atoms with Crippen molar-refractivity contribution in [1.82, 2.24) is 4.98 Å². The van der Waals surface area contributed by atoms with Gasteiger partial charge in [0.15, 0.2) is 0 Å². The zero-order valence-electron chi connectivity index (χ0n) is 7.16. The zero-order chi connectivity index (χ0) is 9.31. The van der Waals surface area contributed by atoms with Crippen LogP contribution >= 0.6 is 0 Å². The summed E-state index contributed by atoms with van der Waals surface area (Å²) in [5, 5.41) is 2.67. The predicted octanol–water partition coefficient (Wildman–Crippen LogP) is 0.511. The van der Waals surface area contributed by atoms with Crippen LogP contribution in [0.3, 0.4) is 0 Å². The third-order valence-electron chi connectivity index (χ3n) is 2.15. The minimum Gasteiger partial charge on any atom is -0.317 e.